The van der Waals surface area contributed by atoms with Crippen molar-refractivity contribution in [3.63, 3.8) is 0 Å². The zero-order chi connectivity index (χ0) is 13.1. The summed E-state index contributed by atoms with van der Waals surface area (Å²) in [6, 6.07) is 14.9. The molecule has 2 heteroatoms. The molecule has 0 aromatic heterocycles. The van der Waals surface area contributed by atoms with Crippen molar-refractivity contribution in [1.82, 2.24) is 5.32 Å². The average molecular weight is 253 g/mol. The minimum atomic E-state index is 0.248. The fourth-order valence-corrected chi connectivity index (χ4v) is 2.49. The number of carbonyl (C=O) groups is 1. The van der Waals surface area contributed by atoms with Gasteiger partial charge in [0, 0.05) is 12.5 Å². The first-order valence-electron chi connectivity index (χ1n) is 7.09. The molecule has 2 nitrogen and oxygen atoms in total. The Morgan fingerprint density at radius 2 is 1.89 bits per heavy atom. The molecular formula is C17H19NO. The highest BCUT2D eigenvalue weighted by atomic mass is 16.2. The lowest BCUT2D eigenvalue weighted by molar-refractivity contribution is -0.122. The molecule has 1 fully saturated rings. The van der Waals surface area contributed by atoms with E-state index in [2.05, 4.69) is 47.8 Å². The van der Waals surface area contributed by atoms with E-state index in [0.717, 1.165) is 32.2 Å². The molecule has 0 atom stereocenters. The molecule has 1 aliphatic carbocycles. The third-order valence-electron chi connectivity index (χ3n) is 3.75. The van der Waals surface area contributed by atoms with Gasteiger partial charge in [-0.25, -0.2) is 0 Å². The number of hydrogen-bond donors (Lipinski definition) is 1. The van der Waals surface area contributed by atoms with E-state index in [-0.39, 0.29) is 5.91 Å². The number of amides is 1. The molecule has 0 aliphatic heterocycles. The standard InChI is InChI=1S/C17H19NO/c19-17(15-10-11-15)18-12-4-8-14-7-3-6-13-5-1-2-9-16(13)14/h1-3,5-7,9,15H,4,8,10-12H2,(H,18,19). The Hall–Kier alpha value is -1.83. The summed E-state index contributed by atoms with van der Waals surface area (Å²) in [6.07, 6.45) is 4.18. The van der Waals surface area contributed by atoms with E-state index in [9.17, 15) is 4.79 Å². The zero-order valence-electron chi connectivity index (χ0n) is 11.1. The van der Waals surface area contributed by atoms with Crippen molar-refractivity contribution in [2.75, 3.05) is 6.54 Å². The van der Waals surface area contributed by atoms with Gasteiger partial charge in [0.1, 0.15) is 0 Å². The van der Waals surface area contributed by atoms with E-state index in [1.54, 1.807) is 0 Å². The van der Waals surface area contributed by atoms with Gasteiger partial charge in [0.05, 0.1) is 0 Å². The van der Waals surface area contributed by atoms with Crippen molar-refractivity contribution < 1.29 is 4.79 Å². The summed E-state index contributed by atoms with van der Waals surface area (Å²) in [5, 5.41) is 5.65. The van der Waals surface area contributed by atoms with Gasteiger partial charge in [0.2, 0.25) is 5.91 Å². The maximum atomic E-state index is 11.5. The number of carbonyl (C=O) groups excluding carboxylic acids is 1. The predicted octanol–water partition coefficient (Wildman–Crippen LogP) is 3.30. The monoisotopic (exact) mass is 253 g/mol. The van der Waals surface area contributed by atoms with Crippen LogP contribution in [0.1, 0.15) is 24.8 Å². The van der Waals surface area contributed by atoms with Crippen LogP contribution in [0.15, 0.2) is 42.5 Å². The highest BCUT2D eigenvalue weighted by molar-refractivity contribution is 5.85. The van der Waals surface area contributed by atoms with Crippen molar-refractivity contribution in [2.45, 2.75) is 25.7 Å². The van der Waals surface area contributed by atoms with Crippen LogP contribution in [-0.2, 0) is 11.2 Å². The molecule has 1 N–H and O–H groups in total. The van der Waals surface area contributed by atoms with E-state index in [0.29, 0.717) is 5.92 Å². The molecular weight excluding hydrogens is 234 g/mol. The smallest absolute Gasteiger partial charge is 0.223 e. The molecule has 0 saturated heterocycles. The van der Waals surface area contributed by atoms with Gasteiger partial charge >= 0.3 is 0 Å². The quantitative estimate of drug-likeness (QED) is 0.814. The Morgan fingerprint density at radius 1 is 1.11 bits per heavy atom. The van der Waals surface area contributed by atoms with Gasteiger partial charge in [-0.2, -0.15) is 0 Å². The molecule has 98 valence electrons. The Labute approximate surface area is 113 Å². The van der Waals surface area contributed by atoms with Gasteiger partial charge in [-0.05, 0) is 42.0 Å². The molecule has 0 radical (unpaired) electrons. The van der Waals surface area contributed by atoms with E-state index in [1.165, 1.54) is 16.3 Å². The number of nitrogens with one attached hydrogen (secondary N) is 1. The van der Waals surface area contributed by atoms with Crippen LogP contribution in [0.4, 0.5) is 0 Å². The molecule has 1 saturated carbocycles. The summed E-state index contributed by atoms with van der Waals surface area (Å²) < 4.78 is 0. The first-order chi connectivity index (χ1) is 9.34. The molecule has 19 heavy (non-hydrogen) atoms. The Morgan fingerprint density at radius 3 is 2.74 bits per heavy atom. The molecule has 0 heterocycles. The van der Waals surface area contributed by atoms with Crippen LogP contribution in [0.3, 0.4) is 0 Å². The van der Waals surface area contributed by atoms with Crippen molar-refractivity contribution in [1.29, 1.82) is 0 Å². The Balaban J connectivity index is 1.57. The van der Waals surface area contributed by atoms with E-state index < -0.39 is 0 Å². The van der Waals surface area contributed by atoms with Crippen molar-refractivity contribution >= 4 is 16.7 Å². The maximum Gasteiger partial charge on any atom is 0.223 e. The number of fused-ring (bicyclic) bond motifs is 1. The molecule has 0 unspecified atom stereocenters. The van der Waals surface area contributed by atoms with Crippen molar-refractivity contribution in [3.05, 3.63) is 48.0 Å². The molecule has 3 rings (SSSR count). The predicted molar refractivity (Wildman–Crippen MR) is 78.0 cm³/mol. The van der Waals surface area contributed by atoms with Crippen LogP contribution in [-0.4, -0.2) is 12.5 Å². The van der Waals surface area contributed by atoms with Crippen LogP contribution < -0.4 is 5.32 Å². The molecule has 0 spiro atoms. The van der Waals surface area contributed by atoms with Crippen LogP contribution in [0.5, 0.6) is 0 Å². The second kappa shape index (κ2) is 5.43. The highest BCUT2D eigenvalue weighted by Crippen LogP contribution is 2.28. The number of rotatable bonds is 5. The molecule has 0 bridgehead atoms. The van der Waals surface area contributed by atoms with Crippen molar-refractivity contribution in [2.24, 2.45) is 5.92 Å². The summed E-state index contributed by atoms with van der Waals surface area (Å²) in [7, 11) is 0. The first-order valence-corrected chi connectivity index (χ1v) is 7.09. The van der Waals surface area contributed by atoms with Crippen molar-refractivity contribution in [3.8, 4) is 0 Å². The highest BCUT2D eigenvalue weighted by Gasteiger charge is 2.28. The fourth-order valence-electron chi connectivity index (χ4n) is 2.49. The number of hydrogen-bond acceptors (Lipinski definition) is 1. The second-order valence-electron chi connectivity index (χ2n) is 5.31. The first kappa shape index (κ1) is 12.2. The maximum absolute atomic E-state index is 11.5. The lowest BCUT2D eigenvalue weighted by Gasteiger charge is -2.07. The Bertz CT molecular complexity index is 581. The normalized spacial score (nSPS) is 14.5. The Kier molecular flexibility index (Phi) is 3.49. The number of benzene rings is 2. The summed E-state index contributed by atoms with van der Waals surface area (Å²) in [5.41, 5.74) is 1.37. The third-order valence-corrected chi connectivity index (χ3v) is 3.75. The van der Waals surface area contributed by atoms with Crippen LogP contribution >= 0.6 is 0 Å². The second-order valence-corrected chi connectivity index (χ2v) is 5.31. The van der Waals surface area contributed by atoms with E-state index >= 15 is 0 Å². The topological polar surface area (TPSA) is 29.1 Å². The minimum Gasteiger partial charge on any atom is -0.356 e. The lowest BCUT2D eigenvalue weighted by Crippen LogP contribution is -2.26. The summed E-state index contributed by atoms with van der Waals surface area (Å²) in [6.45, 7) is 0.790. The van der Waals surface area contributed by atoms with Gasteiger partial charge < -0.3 is 5.32 Å². The fraction of sp³-hybridized carbons (Fsp3) is 0.353. The summed E-state index contributed by atoms with van der Waals surface area (Å²) in [4.78, 5) is 11.5. The van der Waals surface area contributed by atoms with E-state index in [1.807, 2.05) is 0 Å². The molecule has 2 aromatic rings. The van der Waals surface area contributed by atoms with Crippen LogP contribution in [0, 0.1) is 5.92 Å². The largest absolute Gasteiger partial charge is 0.356 e. The van der Waals surface area contributed by atoms with Crippen LogP contribution in [0.2, 0.25) is 0 Å². The molecule has 1 aliphatic rings. The van der Waals surface area contributed by atoms with Gasteiger partial charge in [-0.15, -0.1) is 0 Å². The van der Waals surface area contributed by atoms with Crippen LogP contribution in [0.25, 0.3) is 10.8 Å². The molecule has 1 amide bonds. The molecule has 2 aromatic carbocycles. The lowest BCUT2D eigenvalue weighted by atomic mass is 10.0. The van der Waals surface area contributed by atoms with E-state index in [4.69, 9.17) is 0 Å². The summed E-state index contributed by atoms with van der Waals surface area (Å²) in [5.74, 6) is 0.565. The SMILES string of the molecule is O=C(NCCCc1cccc2ccccc12)C1CC1. The summed E-state index contributed by atoms with van der Waals surface area (Å²) >= 11 is 0. The van der Waals surface area contributed by atoms with Gasteiger partial charge in [0.15, 0.2) is 0 Å². The number of aryl methyl sites for hydroxylation is 1. The van der Waals surface area contributed by atoms with Gasteiger partial charge in [-0.3, -0.25) is 4.79 Å². The zero-order valence-corrected chi connectivity index (χ0v) is 11.1. The average Bonchev–Trinajstić information content (AvgIpc) is 3.28. The third kappa shape index (κ3) is 2.95. The van der Waals surface area contributed by atoms with Gasteiger partial charge in [-0.1, -0.05) is 42.5 Å². The van der Waals surface area contributed by atoms with Gasteiger partial charge in [0.25, 0.3) is 0 Å². The minimum absolute atomic E-state index is 0.248.